The highest BCUT2D eigenvalue weighted by Gasteiger charge is 2.32. The van der Waals surface area contributed by atoms with E-state index >= 15 is 0 Å². The lowest BCUT2D eigenvalue weighted by Crippen LogP contribution is -2.49. The number of primary amides is 1. The number of carbonyl (C=O) groups is 2. The number of anilines is 4. The summed E-state index contributed by atoms with van der Waals surface area (Å²) in [5.74, 6) is -1.04. The molecule has 2 aromatic rings. The van der Waals surface area contributed by atoms with Gasteiger partial charge in [0, 0.05) is 43.6 Å². The van der Waals surface area contributed by atoms with Crippen molar-refractivity contribution in [1.29, 1.82) is 0 Å². The lowest BCUT2D eigenvalue weighted by atomic mass is 10.0. The fourth-order valence-electron chi connectivity index (χ4n) is 4.45. The topological polar surface area (TPSA) is 126 Å². The molecule has 1 saturated heterocycles. The Hall–Kier alpha value is -3.63. The summed E-state index contributed by atoms with van der Waals surface area (Å²) < 4.78 is 19.4. The van der Waals surface area contributed by atoms with Gasteiger partial charge >= 0.3 is 6.09 Å². The molecular formula is C23H30FN7O3. The van der Waals surface area contributed by atoms with Crippen molar-refractivity contribution in [3.05, 3.63) is 36.3 Å². The molecule has 2 fully saturated rings. The Labute approximate surface area is 197 Å². The third-order valence-corrected chi connectivity index (χ3v) is 6.22. The highest BCUT2D eigenvalue weighted by molar-refractivity contribution is 5.78. The van der Waals surface area contributed by atoms with Crippen LogP contribution in [-0.2, 0) is 9.53 Å². The SMILES string of the molecule is CCOC(=O)N1CCN(c2cccc(Nc3ncc(F)c(NC4CCCC4C(N)=O)n3)c2)CC1. The van der Waals surface area contributed by atoms with Gasteiger partial charge in [-0.2, -0.15) is 4.98 Å². The van der Waals surface area contributed by atoms with Gasteiger partial charge < -0.3 is 30.9 Å². The number of carbonyl (C=O) groups excluding carboxylic acids is 2. The van der Waals surface area contributed by atoms with Gasteiger partial charge in [-0.3, -0.25) is 4.79 Å². The molecule has 182 valence electrons. The summed E-state index contributed by atoms with van der Waals surface area (Å²) in [6.07, 6.45) is 3.08. The number of nitrogens with one attached hydrogen (secondary N) is 2. The van der Waals surface area contributed by atoms with Crippen molar-refractivity contribution in [1.82, 2.24) is 14.9 Å². The van der Waals surface area contributed by atoms with E-state index in [4.69, 9.17) is 10.5 Å². The number of piperazine rings is 1. The highest BCUT2D eigenvalue weighted by Crippen LogP contribution is 2.29. The quantitative estimate of drug-likeness (QED) is 0.563. The Bertz CT molecular complexity index is 1030. The molecule has 1 aliphatic carbocycles. The van der Waals surface area contributed by atoms with Crippen LogP contribution in [0.25, 0.3) is 0 Å². The molecule has 1 aromatic heterocycles. The Morgan fingerprint density at radius 2 is 2.03 bits per heavy atom. The molecule has 11 heteroatoms. The number of amides is 2. The normalized spacial score (nSPS) is 20.2. The lowest BCUT2D eigenvalue weighted by Gasteiger charge is -2.35. The van der Waals surface area contributed by atoms with Gasteiger partial charge in [0.1, 0.15) is 0 Å². The zero-order valence-corrected chi connectivity index (χ0v) is 19.2. The summed E-state index contributed by atoms with van der Waals surface area (Å²) in [6, 6.07) is 7.49. The second kappa shape index (κ2) is 10.5. The molecule has 1 saturated carbocycles. The number of benzene rings is 1. The fourth-order valence-corrected chi connectivity index (χ4v) is 4.45. The van der Waals surface area contributed by atoms with Gasteiger partial charge in [-0.15, -0.1) is 0 Å². The second-order valence-corrected chi connectivity index (χ2v) is 8.43. The van der Waals surface area contributed by atoms with Crippen LogP contribution >= 0.6 is 0 Å². The molecule has 0 spiro atoms. The predicted molar refractivity (Wildman–Crippen MR) is 126 cm³/mol. The molecular weight excluding hydrogens is 441 g/mol. The summed E-state index contributed by atoms with van der Waals surface area (Å²) in [5, 5.41) is 6.16. The maximum atomic E-state index is 14.4. The smallest absolute Gasteiger partial charge is 0.409 e. The van der Waals surface area contributed by atoms with Crippen LogP contribution in [0.5, 0.6) is 0 Å². The minimum absolute atomic E-state index is 0.0434. The van der Waals surface area contributed by atoms with E-state index in [1.165, 1.54) is 0 Å². The van der Waals surface area contributed by atoms with Crippen molar-refractivity contribution in [2.45, 2.75) is 32.2 Å². The van der Waals surface area contributed by atoms with Crippen LogP contribution in [0.3, 0.4) is 0 Å². The molecule has 1 aromatic carbocycles. The van der Waals surface area contributed by atoms with E-state index in [1.807, 2.05) is 24.3 Å². The summed E-state index contributed by atoms with van der Waals surface area (Å²) in [7, 11) is 0. The monoisotopic (exact) mass is 471 g/mol. The molecule has 4 N–H and O–H groups in total. The average Bonchev–Trinajstić information content (AvgIpc) is 3.30. The van der Waals surface area contributed by atoms with Gasteiger partial charge in [0.25, 0.3) is 0 Å². The van der Waals surface area contributed by atoms with Crippen LogP contribution in [0.4, 0.5) is 32.3 Å². The van der Waals surface area contributed by atoms with Gasteiger partial charge in [0.05, 0.1) is 18.7 Å². The lowest BCUT2D eigenvalue weighted by molar-refractivity contribution is -0.121. The zero-order valence-electron chi connectivity index (χ0n) is 19.2. The first-order valence-corrected chi connectivity index (χ1v) is 11.6. The largest absolute Gasteiger partial charge is 0.450 e. The number of hydrogen-bond donors (Lipinski definition) is 3. The van der Waals surface area contributed by atoms with Gasteiger partial charge in [-0.05, 0) is 38.0 Å². The van der Waals surface area contributed by atoms with Crippen LogP contribution in [-0.4, -0.2) is 65.7 Å². The first-order valence-electron chi connectivity index (χ1n) is 11.6. The van der Waals surface area contributed by atoms with Crippen molar-refractivity contribution in [3.8, 4) is 0 Å². The molecule has 0 radical (unpaired) electrons. The van der Waals surface area contributed by atoms with Crippen LogP contribution in [0.2, 0.25) is 0 Å². The van der Waals surface area contributed by atoms with Gasteiger partial charge in [0.15, 0.2) is 11.6 Å². The van der Waals surface area contributed by atoms with E-state index in [-0.39, 0.29) is 35.7 Å². The standard InChI is InChI=1S/C23H30FN7O3/c1-2-34-23(33)31-11-9-30(10-12-31)16-6-3-5-15(13-16)27-22-26-14-18(24)21(29-22)28-19-8-4-7-17(19)20(25)32/h3,5-6,13-14,17,19H,2,4,7-12H2,1H3,(H2,25,32)(H2,26,27,28,29). The number of halogens is 1. The van der Waals surface area contributed by atoms with Crippen molar-refractivity contribution >= 4 is 35.1 Å². The summed E-state index contributed by atoms with van der Waals surface area (Å²) in [4.78, 5) is 35.8. The number of nitrogens with two attached hydrogens (primary N) is 1. The second-order valence-electron chi connectivity index (χ2n) is 8.43. The molecule has 2 unspecified atom stereocenters. The highest BCUT2D eigenvalue weighted by atomic mass is 19.1. The Kier molecular flexibility index (Phi) is 7.29. The predicted octanol–water partition coefficient (Wildman–Crippen LogP) is 2.70. The zero-order chi connectivity index (χ0) is 24.1. The first-order chi connectivity index (χ1) is 16.4. The molecule has 4 rings (SSSR count). The Morgan fingerprint density at radius 3 is 2.76 bits per heavy atom. The first kappa shape index (κ1) is 23.5. The van der Waals surface area contributed by atoms with E-state index < -0.39 is 5.82 Å². The van der Waals surface area contributed by atoms with E-state index in [0.29, 0.717) is 39.2 Å². The van der Waals surface area contributed by atoms with Crippen molar-refractivity contribution in [2.75, 3.05) is 48.3 Å². The van der Waals surface area contributed by atoms with E-state index in [0.717, 1.165) is 30.4 Å². The van der Waals surface area contributed by atoms with Gasteiger partial charge in [-0.25, -0.2) is 14.2 Å². The minimum Gasteiger partial charge on any atom is -0.450 e. The molecule has 34 heavy (non-hydrogen) atoms. The fraction of sp³-hybridized carbons (Fsp3) is 0.478. The van der Waals surface area contributed by atoms with E-state index in [1.54, 1.807) is 11.8 Å². The van der Waals surface area contributed by atoms with Crippen molar-refractivity contribution in [3.63, 3.8) is 0 Å². The van der Waals surface area contributed by atoms with Crippen molar-refractivity contribution in [2.24, 2.45) is 11.7 Å². The summed E-state index contributed by atoms with van der Waals surface area (Å²) in [6.45, 7) is 4.70. The minimum atomic E-state index is -0.589. The summed E-state index contributed by atoms with van der Waals surface area (Å²) >= 11 is 0. The Balaban J connectivity index is 1.41. The van der Waals surface area contributed by atoms with E-state index in [9.17, 15) is 14.0 Å². The summed E-state index contributed by atoms with van der Waals surface area (Å²) in [5.41, 5.74) is 7.21. The molecule has 2 amide bonds. The molecule has 10 nitrogen and oxygen atoms in total. The number of rotatable bonds is 7. The number of ether oxygens (including phenoxy) is 1. The maximum absolute atomic E-state index is 14.4. The molecule has 2 atom stereocenters. The van der Waals surface area contributed by atoms with Crippen LogP contribution < -0.4 is 21.3 Å². The molecule has 2 aliphatic rings. The van der Waals surface area contributed by atoms with Crippen molar-refractivity contribution < 1.29 is 18.7 Å². The number of hydrogen-bond acceptors (Lipinski definition) is 8. The van der Waals surface area contributed by atoms with E-state index in [2.05, 4.69) is 25.5 Å². The third-order valence-electron chi connectivity index (χ3n) is 6.22. The van der Waals surface area contributed by atoms with Gasteiger partial charge in [0.2, 0.25) is 11.9 Å². The van der Waals surface area contributed by atoms with Gasteiger partial charge in [-0.1, -0.05) is 12.5 Å². The third kappa shape index (κ3) is 5.46. The molecule has 2 heterocycles. The maximum Gasteiger partial charge on any atom is 0.409 e. The average molecular weight is 472 g/mol. The van der Waals surface area contributed by atoms with Crippen LogP contribution in [0.15, 0.2) is 30.5 Å². The van der Waals surface area contributed by atoms with Crippen LogP contribution in [0, 0.1) is 11.7 Å². The number of nitrogens with zero attached hydrogens (tertiary/aromatic N) is 4. The Morgan fingerprint density at radius 1 is 1.24 bits per heavy atom. The number of aromatic nitrogens is 2. The molecule has 0 bridgehead atoms. The van der Waals surface area contributed by atoms with Crippen LogP contribution in [0.1, 0.15) is 26.2 Å². The molecule has 1 aliphatic heterocycles.